The minimum Gasteiger partial charge on any atom is -0.296 e. The molecule has 1 amide bonds. The van der Waals surface area contributed by atoms with Gasteiger partial charge in [-0.1, -0.05) is 37.2 Å². The number of rotatable bonds is 6. The lowest BCUT2D eigenvalue weighted by Crippen LogP contribution is -2.09. The fourth-order valence-electron chi connectivity index (χ4n) is 1.50. The van der Waals surface area contributed by atoms with E-state index >= 15 is 0 Å². The van der Waals surface area contributed by atoms with Crippen LogP contribution in [0.15, 0.2) is 17.5 Å². The van der Waals surface area contributed by atoms with Gasteiger partial charge in [-0.15, -0.1) is 21.5 Å². The summed E-state index contributed by atoms with van der Waals surface area (Å²) in [6.07, 6.45) is 4.47. The number of hydrogen-bond donors (Lipinski definition) is 1. The number of aromatic nitrogens is 2. The maximum Gasteiger partial charge on any atom is 0.267 e. The second-order valence-electron chi connectivity index (χ2n) is 3.89. The fraction of sp³-hybridized carbons (Fsp3) is 0.417. The highest BCUT2D eigenvalue weighted by atomic mass is 32.1. The number of carbonyl (C=O) groups excluding carboxylic acids is 1. The van der Waals surface area contributed by atoms with Crippen molar-refractivity contribution in [3.63, 3.8) is 0 Å². The van der Waals surface area contributed by atoms with Crippen LogP contribution in [0.3, 0.4) is 0 Å². The van der Waals surface area contributed by atoms with Gasteiger partial charge in [0.05, 0.1) is 4.88 Å². The molecule has 2 aromatic heterocycles. The standard InChI is InChI=1S/C12H15N3OS2/c1-2-3-4-7-10-14-15-12(18-10)13-11(16)9-6-5-8-17-9/h5-6,8H,2-4,7H2,1H3,(H,13,15,16). The van der Waals surface area contributed by atoms with Crippen molar-refractivity contribution < 1.29 is 4.79 Å². The van der Waals surface area contributed by atoms with Gasteiger partial charge in [0, 0.05) is 6.42 Å². The van der Waals surface area contributed by atoms with Crippen LogP contribution in [0.2, 0.25) is 0 Å². The van der Waals surface area contributed by atoms with Gasteiger partial charge >= 0.3 is 0 Å². The lowest BCUT2D eigenvalue weighted by Gasteiger charge is -1.96. The van der Waals surface area contributed by atoms with Crippen molar-refractivity contribution in [2.45, 2.75) is 32.6 Å². The van der Waals surface area contributed by atoms with Crippen LogP contribution >= 0.6 is 22.7 Å². The van der Waals surface area contributed by atoms with Crippen LogP contribution in [0.4, 0.5) is 5.13 Å². The number of unbranched alkanes of at least 4 members (excludes halogenated alkanes) is 2. The fourth-order valence-corrected chi connectivity index (χ4v) is 2.89. The molecule has 0 aliphatic carbocycles. The van der Waals surface area contributed by atoms with Crippen LogP contribution < -0.4 is 5.32 Å². The summed E-state index contributed by atoms with van der Waals surface area (Å²) < 4.78 is 0. The van der Waals surface area contributed by atoms with E-state index in [0.29, 0.717) is 10.0 Å². The van der Waals surface area contributed by atoms with Crippen molar-refractivity contribution in [1.82, 2.24) is 10.2 Å². The highest BCUT2D eigenvalue weighted by Gasteiger charge is 2.10. The van der Waals surface area contributed by atoms with Crippen LogP contribution in [-0.2, 0) is 6.42 Å². The molecule has 0 aliphatic heterocycles. The molecule has 0 bridgehead atoms. The van der Waals surface area contributed by atoms with E-state index in [9.17, 15) is 4.79 Å². The first-order valence-electron chi connectivity index (χ1n) is 5.97. The van der Waals surface area contributed by atoms with Crippen molar-refractivity contribution in [2.75, 3.05) is 5.32 Å². The summed E-state index contributed by atoms with van der Waals surface area (Å²) in [6.45, 7) is 2.17. The SMILES string of the molecule is CCCCCc1nnc(NC(=O)c2cccs2)s1. The number of thiophene rings is 1. The van der Waals surface area contributed by atoms with E-state index < -0.39 is 0 Å². The van der Waals surface area contributed by atoms with E-state index in [2.05, 4.69) is 22.4 Å². The molecule has 2 rings (SSSR count). The average molecular weight is 281 g/mol. The van der Waals surface area contributed by atoms with Gasteiger partial charge in [0.1, 0.15) is 5.01 Å². The van der Waals surface area contributed by atoms with Crippen LogP contribution in [0, 0.1) is 0 Å². The lowest BCUT2D eigenvalue weighted by atomic mass is 10.2. The van der Waals surface area contributed by atoms with E-state index in [1.165, 1.54) is 35.5 Å². The third-order valence-corrected chi connectivity index (χ3v) is 4.19. The second kappa shape index (κ2) is 6.61. The second-order valence-corrected chi connectivity index (χ2v) is 5.90. The van der Waals surface area contributed by atoms with E-state index in [1.807, 2.05) is 11.4 Å². The molecule has 1 N–H and O–H groups in total. The highest BCUT2D eigenvalue weighted by molar-refractivity contribution is 7.15. The molecule has 2 heterocycles. The molecule has 6 heteroatoms. The van der Waals surface area contributed by atoms with Crippen LogP contribution in [-0.4, -0.2) is 16.1 Å². The van der Waals surface area contributed by atoms with Gasteiger partial charge in [-0.2, -0.15) is 0 Å². The van der Waals surface area contributed by atoms with Crippen molar-refractivity contribution in [1.29, 1.82) is 0 Å². The monoisotopic (exact) mass is 281 g/mol. The minimum absolute atomic E-state index is 0.110. The predicted molar refractivity (Wildman–Crippen MR) is 75.4 cm³/mol. The molecule has 0 radical (unpaired) electrons. The molecule has 0 aromatic carbocycles. The molecular weight excluding hydrogens is 266 g/mol. The molecule has 96 valence electrons. The summed E-state index contributed by atoms with van der Waals surface area (Å²) in [6, 6.07) is 3.65. The van der Waals surface area contributed by atoms with Gasteiger partial charge in [-0.3, -0.25) is 10.1 Å². The summed E-state index contributed by atoms with van der Waals surface area (Å²) in [7, 11) is 0. The summed E-state index contributed by atoms with van der Waals surface area (Å²) in [4.78, 5) is 12.5. The molecule has 0 unspecified atom stereocenters. The average Bonchev–Trinajstić information content (AvgIpc) is 3.00. The first-order chi connectivity index (χ1) is 8.79. The van der Waals surface area contributed by atoms with Gasteiger partial charge in [-0.25, -0.2) is 0 Å². The maximum absolute atomic E-state index is 11.8. The third kappa shape index (κ3) is 3.61. The van der Waals surface area contributed by atoms with Crippen LogP contribution in [0.5, 0.6) is 0 Å². The molecule has 0 saturated heterocycles. The zero-order chi connectivity index (χ0) is 12.8. The lowest BCUT2D eigenvalue weighted by molar-refractivity contribution is 0.103. The molecule has 0 saturated carbocycles. The Balaban J connectivity index is 1.88. The first-order valence-corrected chi connectivity index (χ1v) is 7.66. The largest absolute Gasteiger partial charge is 0.296 e. The van der Waals surface area contributed by atoms with Gasteiger partial charge < -0.3 is 0 Å². The molecule has 0 atom stereocenters. The van der Waals surface area contributed by atoms with E-state index in [-0.39, 0.29) is 5.91 Å². The molecule has 2 aromatic rings. The van der Waals surface area contributed by atoms with E-state index in [0.717, 1.165) is 17.8 Å². The number of nitrogens with zero attached hydrogens (tertiary/aromatic N) is 2. The highest BCUT2D eigenvalue weighted by Crippen LogP contribution is 2.19. The Morgan fingerprint density at radius 2 is 2.28 bits per heavy atom. The summed E-state index contributed by atoms with van der Waals surface area (Å²) in [5.74, 6) is -0.110. The topological polar surface area (TPSA) is 54.9 Å². The number of aryl methyl sites for hydroxylation is 1. The van der Waals surface area contributed by atoms with E-state index in [1.54, 1.807) is 6.07 Å². The summed E-state index contributed by atoms with van der Waals surface area (Å²) in [5.41, 5.74) is 0. The number of amides is 1. The molecule has 18 heavy (non-hydrogen) atoms. The van der Waals surface area contributed by atoms with Crippen LogP contribution in [0.25, 0.3) is 0 Å². The molecule has 0 aliphatic rings. The Morgan fingerprint density at radius 3 is 3.00 bits per heavy atom. The number of hydrogen-bond acceptors (Lipinski definition) is 5. The number of carbonyl (C=O) groups is 1. The van der Waals surface area contributed by atoms with E-state index in [4.69, 9.17) is 0 Å². The number of nitrogens with one attached hydrogen (secondary N) is 1. The van der Waals surface area contributed by atoms with Gasteiger partial charge in [0.2, 0.25) is 5.13 Å². The Bertz CT molecular complexity index is 493. The van der Waals surface area contributed by atoms with Crippen LogP contribution in [0.1, 0.15) is 40.9 Å². The molecule has 0 fully saturated rings. The smallest absolute Gasteiger partial charge is 0.267 e. The van der Waals surface area contributed by atoms with Crippen molar-refractivity contribution >= 4 is 33.7 Å². The Hall–Kier alpha value is -1.27. The van der Waals surface area contributed by atoms with Gasteiger partial charge in [0.25, 0.3) is 5.91 Å². The normalized spacial score (nSPS) is 10.5. The van der Waals surface area contributed by atoms with Gasteiger partial charge in [-0.05, 0) is 17.9 Å². The summed E-state index contributed by atoms with van der Waals surface area (Å²) in [5, 5.41) is 14.3. The minimum atomic E-state index is -0.110. The molecule has 4 nitrogen and oxygen atoms in total. The Kier molecular flexibility index (Phi) is 4.83. The van der Waals surface area contributed by atoms with Crippen molar-refractivity contribution in [2.24, 2.45) is 0 Å². The maximum atomic E-state index is 11.8. The first kappa shape index (κ1) is 13.2. The summed E-state index contributed by atoms with van der Waals surface area (Å²) >= 11 is 2.88. The number of anilines is 1. The zero-order valence-corrected chi connectivity index (χ0v) is 11.8. The Morgan fingerprint density at radius 1 is 1.39 bits per heavy atom. The third-order valence-electron chi connectivity index (χ3n) is 2.43. The van der Waals surface area contributed by atoms with Crippen molar-refractivity contribution in [3.05, 3.63) is 27.4 Å². The zero-order valence-electron chi connectivity index (χ0n) is 10.2. The molecular formula is C12H15N3OS2. The predicted octanol–water partition coefficient (Wildman–Crippen LogP) is 3.58. The molecule has 0 spiro atoms. The Labute approximate surface area is 114 Å². The van der Waals surface area contributed by atoms with Crippen molar-refractivity contribution in [3.8, 4) is 0 Å². The quantitative estimate of drug-likeness (QED) is 0.823. The van der Waals surface area contributed by atoms with Gasteiger partial charge in [0.15, 0.2) is 0 Å².